The van der Waals surface area contributed by atoms with Crippen molar-refractivity contribution in [3.63, 3.8) is 0 Å². The van der Waals surface area contributed by atoms with Crippen LogP contribution in [0.15, 0.2) is 30.3 Å². The number of halogens is 1. The quantitative estimate of drug-likeness (QED) is 0.733. The summed E-state index contributed by atoms with van der Waals surface area (Å²) in [5.74, 6) is -0.966. The third kappa shape index (κ3) is 4.09. The van der Waals surface area contributed by atoms with E-state index in [-0.39, 0.29) is 24.5 Å². The third-order valence-electron chi connectivity index (χ3n) is 5.13. The molecule has 4 rings (SSSR count). The number of carbonyl (C=O) groups excluding carboxylic acids is 3. The van der Waals surface area contributed by atoms with Crippen molar-refractivity contribution in [1.82, 2.24) is 4.90 Å². The molecule has 1 atom stereocenters. The second-order valence-corrected chi connectivity index (χ2v) is 8.90. The Balaban J connectivity index is 1.37. The number of rotatable bonds is 5. The van der Waals surface area contributed by atoms with Gasteiger partial charge in [0.15, 0.2) is 6.61 Å². The van der Waals surface area contributed by atoms with E-state index in [0.717, 1.165) is 30.0 Å². The fourth-order valence-electron chi connectivity index (χ4n) is 3.64. The Labute approximate surface area is 177 Å². The molecule has 1 aromatic carbocycles. The Hall–Kier alpha value is -2.58. The van der Waals surface area contributed by atoms with Crippen LogP contribution < -0.4 is 10.2 Å². The smallest absolute Gasteiger partial charge is 0.338 e. The number of amides is 2. The van der Waals surface area contributed by atoms with Gasteiger partial charge in [0, 0.05) is 18.5 Å². The molecule has 3 heterocycles. The molecule has 0 radical (unpaired) electrons. The minimum Gasteiger partial charge on any atom is -0.452 e. The molecule has 2 aromatic rings. The molecule has 152 valence electrons. The van der Waals surface area contributed by atoms with Crippen molar-refractivity contribution in [2.24, 2.45) is 0 Å². The highest BCUT2D eigenvalue weighted by atomic mass is 35.5. The highest BCUT2D eigenvalue weighted by Crippen LogP contribution is 2.37. The maximum atomic E-state index is 12.4. The zero-order chi connectivity index (χ0) is 20.5. The van der Waals surface area contributed by atoms with E-state index in [1.54, 1.807) is 25.2 Å². The molecule has 29 heavy (non-hydrogen) atoms. The van der Waals surface area contributed by atoms with Gasteiger partial charge in [0.2, 0.25) is 5.91 Å². The van der Waals surface area contributed by atoms with E-state index in [1.165, 1.54) is 16.2 Å². The summed E-state index contributed by atoms with van der Waals surface area (Å²) in [6.07, 6.45) is 1.80. The molecule has 0 bridgehead atoms. The molecule has 1 unspecified atom stereocenters. The van der Waals surface area contributed by atoms with Crippen molar-refractivity contribution in [3.8, 4) is 0 Å². The van der Waals surface area contributed by atoms with Crippen LogP contribution in [0.3, 0.4) is 0 Å². The number of nitrogens with one attached hydrogen (secondary N) is 1. The van der Waals surface area contributed by atoms with E-state index in [1.807, 2.05) is 12.1 Å². The van der Waals surface area contributed by atoms with Gasteiger partial charge in [0.25, 0.3) is 5.91 Å². The van der Waals surface area contributed by atoms with Crippen molar-refractivity contribution in [2.75, 3.05) is 30.4 Å². The zero-order valence-electron chi connectivity index (χ0n) is 15.8. The average molecular weight is 434 g/mol. The first kappa shape index (κ1) is 19.7. The second kappa shape index (κ2) is 8.04. The van der Waals surface area contributed by atoms with Crippen LogP contribution >= 0.6 is 22.9 Å². The lowest BCUT2D eigenvalue weighted by Gasteiger charge is -2.33. The van der Waals surface area contributed by atoms with Crippen LogP contribution in [0.25, 0.3) is 0 Å². The molecule has 2 aliphatic heterocycles. The number of hydrogen-bond acceptors (Lipinski definition) is 6. The summed E-state index contributed by atoms with van der Waals surface area (Å²) < 4.78 is 5.84. The van der Waals surface area contributed by atoms with Gasteiger partial charge in [-0.25, -0.2) is 4.79 Å². The summed E-state index contributed by atoms with van der Waals surface area (Å²) in [6.45, 7) is 0.868. The molecule has 2 amide bonds. The minimum absolute atomic E-state index is 0.0500. The maximum absolute atomic E-state index is 12.4. The number of benzene rings is 1. The topological polar surface area (TPSA) is 79.0 Å². The monoisotopic (exact) mass is 433 g/mol. The summed E-state index contributed by atoms with van der Waals surface area (Å²) in [7, 11) is 1.64. The van der Waals surface area contributed by atoms with Crippen LogP contribution in [0.1, 0.15) is 28.1 Å². The van der Waals surface area contributed by atoms with Crippen molar-refractivity contribution in [2.45, 2.75) is 25.4 Å². The normalized spacial score (nSPS) is 17.4. The first-order chi connectivity index (χ1) is 13.9. The standard InChI is InChI=1S/C20H20ClN3O4S/c1-23(10-13-5-7-17(21)29-13)18(25)11-28-20(27)12-4-6-15-14(9-12)22-19(26)16-3-2-8-24(15)16/h4-7,9,16H,2-3,8,10-11H2,1H3,(H,22,26). The molecule has 1 N–H and O–H groups in total. The largest absolute Gasteiger partial charge is 0.452 e. The number of hydrogen-bond donors (Lipinski definition) is 1. The van der Waals surface area contributed by atoms with E-state index < -0.39 is 5.97 Å². The predicted molar refractivity (Wildman–Crippen MR) is 112 cm³/mol. The highest BCUT2D eigenvalue weighted by Gasteiger charge is 2.36. The van der Waals surface area contributed by atoms with E-state index >= 15 is 0 Å². The summed E-state index contributed by atoms with van der Waals surface area (Å²) >= 11 is 7.30. The first-order valence-electron chi connectivity index (χ1n) is 9.29. The first-order valence-corrected chi connectivity index (χ1v) is 10.5. The van der Waals surface area contributed by atoms with Crippen molar-refractivity contribution < 1.29 is 19.1 Å². The molecule has 0 aliphatic carbocycles. The van der Waals surface area contributed by atoms with E-state index in [0.29, 0.717) is 22.1 Å². The van der Waals surface area contributed by atoms with Crippen LogP contribution in [0.2, 0.25) is 4.34 Å². The Bertz CT molecular complexity index is 976. The Morgan fingerprint density at radius 2 is 2.17 bits per heavy atom. The molecular formula is C20H20ClN3O4S. The SMILES string of the molecule is CN(Cc1ccc(Cl)s1)C(=O)COC(=O)c1ccc2c(c1)NC(=O)C1CCCN21. The van der Waals surface area contributed by atoms with Gasteiger partial charge in [-0.15, -0.1) is 11.3 Å². The fourth-order valence-corrected chi connectivity index (χ4v) is 4.78. The van der Waals surface area contributed by atoms with Crippen LogP contribution in [0.5, 0.6) is 0 Å². The van der Waals surface area contributed by atoms with Crippen LogP contribution in [0, 0.1) is 0 Å². The lowest BCUT2D eigenvalue weighted by Crippen LogP contribution is -2.43. The highest BCUT2D eigenvalue weighted by molar-refractivity contribution is 7.16. The summed E-state index contributed by atoms with van der Waals surface area (Å²) in [4.78, 5) is 41.4. The molecule has 0 saturated carbocycles. The van der Waals surface area contributed by atoms with Gasteiger partial charge in [-0.3, -0.25) is 9.59 Å². The minimum atomic E-state index is -0.605. The number of nitrogens with zero attached hydrogens (tertiary/aromatic N) is 2. The molecule has 9 heteroatoms. The van der Waals surface area contributed by atoms with Gasteiger partial charge in [0.05, 0.1) is 27.8 Å². The summed E-state index contributed by atoms with van der Waals surface area (Å²) in [5.41, 5.74) is 1.80. The van der Waals surface area contributed by atoms with Crippen LogP contribution in [-0.4, -0.2) is 48.9 Å². The zero-order valence-corrected chi connectivity index (χ0v) is 17.4. The van der Waals surface area contributed by atoms with Crippen LogP contribution in [-0.2, 0) is 20.9 Å². The number of thiophene rings is 1. The van der Waals surface area contributed by atoms with Crippen molar-refractivity contribution in [3.05, 3.63) is 45.1 Å². The van der Waals surface area contributed by atoms with Gasteiger partial charge in [-0.1, -0.05) is 11.6 Å². The van der Waals surface area contributed by atoms with Crippen LogP contribution in [0.4, 0.5) is 11.4 Å². The van der Waals surface area contributed by atoms with Gasteiger partial charge in [-0.2, -0.15) is 0 Å². The molecular weight excluding hydrogens is 414 g/mol. The third-order valence-corrected chi connectivity index (χ3v) is 6.35. The number of carbonyl (C=O) groups is 3. The second-order valence-electron chi connectivity index (χ2n) is 7.10. The van der Waals surface area contributed by atoms with Crippen molar-refractivity contribution in [1.29, 1.82) is 0 Å². The molecule has 0 spiro atoms. The number of esters is 1. The number of fused-ring (bicyclic) bond motifs is 3. The Morgan fingerprint density at radius 1 is 1.34 bits per heavy atom. The fraction of sp³-hybridized carbons (Fsp3) is 0.350. The summed E-state index contributed by atoms with van der Waals surface area (Å²) in [6, 6.07) is 8.58. The molecule has 2 aliphatic rings. The van der Waals surface area contributed by atoms with Gasteiger partial charge >= 0.3 is 5.97 Å². The Kier molecular flexibility index (Phi) is 5.47. The average Bonchev–Trinajstić information content (AvgIpc) is 3.35. The number of ether oxygens (including phenoxy) is 1. The van der Waals surface area contributed by atoms with Gasteiger partial charge in [0.1, 0.15) is 6.04 Å². The predicted octanol–water partition coefficient (Wildman–Crippen LogP) is 3.14. The molecule has 1 saturated heterocycles. The summed E-state index contributed by atoms with van der Waals surface area (Å²) in [5, 5.41) is 2.87. The molecule has 7 nitrogen and oxygen atoms in total. The van der Waals surface area contributed by atoms with E-state index in [2.05, 4.69) is 10.2 Å². The van der Waals surface area contributed by atoms with Gasteiger partial charge in [-0.05, 0) is 43.2 Å². The lowest BCUT2D eigenvalue weighted by molar-refractivity contribution is -0.133. The number of anilines is 2. The van der Waals surface area contributed by atoms with E-state index in [4.69, 9.17) is 16.3 Å². The number of likely N-dealkylation sites (N-methyl/N-ethyl adjacent to an activating group) is 1. The van der Waals surface area contributed by atoms with Crippen molar-refractivity contribution >= 4 is 52.1 Å². The maximum Gasteiger partial charge on any atom is 0.338 e. The van der Waals surface area contributed by atoms with Gasteiger partial charge < -0.3 is 19.9 Å². The molecule has 1 aromatic heterocycles. The lowest BCUT2D eigenvalue weighted by atomic mass is 10.1. The van der Waals surface area contributed by atoms with E-state index in [9.17, 15) is 14.4 Å². The Morgan fingerprint density at radius 3 is 2.93 bits per heavy atom. The molecule has 1 fully saturated rings.